The molecule has 3 N–H and O–H groups in total. The molecule has 0 spiro atoms. The number of fused-ring (bicyclic) bond motifs is 1. The highest BCUT2D eigenvalue weighted by Gasteiger charge is 2.29. The van der Waals surface area contributed by atoms with Gasteiger partial charge in [0.05, 0.1) is 21.6 Å². The molecule has 1 aliphatic rings. The Morgan fingerprint density at radius 3 is 2.81 bits per heavy atom. The van der Waals surface area contributed by atoms with Gasteiger partial charge in [-0.25, -0.2) is 4.98 Å². The first kappa shape index (κ1) is 26.1. The van der Waals surface area contributed by atoms with Crippen LogP contribution in [0.25, 0.3) is 11.0 Å². The van der Waals surface area contributed by atoms with Crippen molar-refractivity contribution in [2.24, 2.45) is 5.73 Å². The maximum atomic E-state index is 13.1. The molecule has 0 saturated carbocycles. The van der Waals surface area contributed by atoms with Crippen LogP contribution in [0.4, 0.5) is 0 Å². The normalized spacial score (nSPS) is 16.8. The number of aromatic nitrogens is 2. The van der Waals surface area contributed by atoms with Gasteiger partial charge in [-0.3, -0.25) is 9.59 Å². The summed E-state index contributed by atoms with van der Waals surface area (Å²) in [6, 6.07) is 14.5. The number of ether oxygens (including phenoxy) is 1. The van der Waals surface area contributed by atoms with Crippen LogP contribution in [-0.2, 0) is 16.1 Å². The lowest BCUT2D eigenvalue weighted by Gasteiger charge is -2.33. The van der Waals surface area contributed by atoms with E-state index in [4.69, 9.17) is 27.1 Å². The number of piperidine rings is 1. The molecule has 2 unspecified atom stereocenters. The molecule has 2 aromatic carbocycles. The molecular weight excluding hydrogens is 478 g/mol. The number of nitrogens with zero attached hydrogens (tertiary/aromatic N) is 3. The fraction of sp³-hybridized carbons (Fsp3) is 0.444. The smallest absolute Gasteiger partial charge is 0.252 e. The number of methoxy groups -OCH3 is 1. The van der Waals surface area contributed by atoms with E-state index in [0.717, 1.165) is 42.7 Å². The highest BCUT2D eigenvalue weighted by atomic mass is 35.5. The number of amides is 2. The molecule has 9 heteroatoms. The van der Waals surface area contributed by atoms with Crippen LogP contribution in [0.2, 0.25) is 5.02 Å². The fourth-order valence-electron chi connectivity index (χ4n) is 4.81. The van der Waals surface area contributed by atoms with Gasteiger partial charge >= 0.3 is 0 Å². The number of hydrogen-bond donors (Lipinski definition) is 2. The van der Waals surface area contributed by atoms with E-state index < -0.39 is 6.04 Å². The molecule has 1 aliphatic heterocycles. The van der Waals surface area contributed by atoms with Crippen molar-refractivity contribution in [1.29, 1.82) is 0 Å². The van der Waals surface area contributed by atoms with E-state index in [9.17, 15) is 9.59 Å². The zero-order chi connectivity index (χ0) is 25.5. The van der Waals surface area contributed by atoms with Crippen molar-refractivity contribution in [3.63, 3.8) is 0 Å². The monoisotopic (exact) mass is 511 g/mol. The summed E-state index contributed by atoms with van der Waals surface area (Å²) in [6.45, 7) is 3.03. The van der Waals surface area contributed by atoms with E-state index in [1.807, 2.05) is 23.1 Å². The largest absolute Gasteiger partial charge is 0.385 e. The Balaban J connectivity index is 1.37. The number of nitrogens with two attached hydrogens (primary N) is 1. The number of hydrogen-bond acceptors (Lipinski definition) is 5. The molecule has 192 valence electrons. The Bertz CT molecular complexity index is 1200. The second kappa shape index (κ2) is 12.3. The van der Waals surface area contributed by atoms with Crippen LogP contribution in [0.5, 0.6) is 0 Å². The summed E-state index contributed by atoms with van der Waals surface area (Å²) in [5.41, 5.74) is 8.70. The molecule has 1 saturated heterocycles. The molecule has 8 nitrogen and oxygen atoms in total. The van der Waals surface area contributed by atoms with Gasteiger partial charge in [-0.15, -0.1) is 0 Å². The lowest BCUT2D eigenvalue weighted by molar-refractivity contribution is -0.132. The second-order valence-electron chi connectivity index (χ2n) is 9.29. The second-order valence-corrected chi connectivity index (χ2v) is 9.70. The molecule has 2 heterocycles. The van der Waals surface area contributed by atoms with Gasteiger partial charge in [0.25, 0.3) is 5.91 Å². The lowest BCUT2D eigenvalue weighted by atomic mass is 9.96. The van der Waals surface area contributed by atoms with Crippen LogP contribution < -0.4 is 11.1 Å². The molecule has 1 fully saturated rings. The minimum absolute atomic E-state index is 0.00114. The summed E-state index contributed by atoms with van der Waals surface area (Å²) < 4.78 is 7.54. The Labute approximate surface area is 216 Å². The van der Waals surface area contributed by atoms with Gasteiger partial charge in [0.15, 0.2) is 0 Å². The Morgan fingerprint density at radius 1 is 1.22 bits per heavy atom. The number of imidazole rings is 1. The van der Waals surface area contributed by atoms with Gasteiger partial charge in [-0.05, 0) is 43.5 Å². The number of carbonyl (C=O) groups is 2. The maximum absolute atomic E-state index is 13.1. The zero-order valence-electron chi connectivity index (χ0n) is 20.7. The van der Waals surface area contributed by atoms with Crippen LogP contribution >= 0.6 is 11.6 Å². The quantitative estimate of drug-likeness (QED) is 0.405. The van der Waals surface area contributed by atoms with Crippen LogP contribution in [0.3, 0.4) is 0 Å². The van der Waals surface area contributed by atoms with Crippen molar-refractivity contribution in [2.45, 2.75) is 44.2 Å². The first-order valence-corrected chi connectivity index (χ1v) is 12.9. The van der Waals surface area contributed by atoms with Crippen molar-refractivity contribution >= 4 is 34.4 Å². The van der Waals surface area contributed by atoms with Gasteiger partial charge in [0, 0.05) is 58.3 Å². The van der Waals surface area contributed by atoms with Crippen LogP contribution in [0.15, 0.2) is 48.5 Å². The summed E-state index contributed by atoms with van der Waals surface area (Å²) in [4.78, 5) is 32.3. The first-order chi connectivity index (χ1) is 17.5. The molecule has 0 aliphatic carbocycles. The number of aryl methyl sites for hydroxylation is 1. The number of benzene rings is 2. The third kappa shape index (κ3) is 6.24. The van der Waals surface area contributed by atoms with E-state index in [1.54, 1.807) is 31.4 Å². The maximum Gasteiger partial charge on any atom is 0.252 e. The minimum atomic E-state index is -0.483. The molecule has 0 radical (unpaired) electrons. The van der Waals surface area contributed by atoms with Gasteiger partial charge < -0.3 is 25.3 Å². The van der Waals surface area contributed by atoms with E-state index in [-0.39, 0.29) is 30.7 Å². The number of para-hydroxylation sites is 2. The Kier molecular flexibility index (Phi) is 8.96. The summed E-state index contributed by atoms with van der Waals surface area (Å²) in [7, 11) is 1.71. The van der Waals surface area contributed by atoms with Gasteiger partial charge in [-0.2, -0.15) is 0 Å². The molecule has 36 heavy (non-hydrogen) atoms. The Hall–Kier alpha value is -2.94. The van der Waals surface area contributed by atoms with Crippen molar-refractivity contribution in [1.82, 2.24) is 19.8 Å². The van der Waals surface area contributed by atoms with Crippen molar-refractivity contribution in [3.8, 4) is 0 Å². The summed E-state index contributed by atoms with van der Waals surface area (Å²) >= 11 is 6.09. The molecule has 2 amide bonds. The summed E-state index contributed by atoms with van der Waals surface area (Å²) in [6.07, 6.45) is 2.96. The topological polar surface area (TPSA) is 102 Å². The zero-order valence-corrected chi connectivity index (χ0v) is 21.4. The van der Waals surface area contributed by atoms with E-state index in [1.165, 1.54) is 0 Å². The predicted molar refractivity (Wildman–Crippen MR) is 141 cm³/mol. The number of halogens is 1. The van der Waals surface area contributed by atoms with Crippen LogP contribution in [0.1, 0.15) is 47.8 Å². The van der Waals surface area contributed by atoms with Crippen LogP contribution in [-0.4, -0.2) is 65.7 Å². The predicted octanol–water partition coefficient (Wildman–Crippen LogP) is 3.58. The first-order valence-electron chi connectivity index (χ1n) is 12.5. The molecule has 2 atom stereocenters. The SMILES string of the molecule is COCCCn1c(C2CCCN(C(=O)CC(N)CNC(=O)c3ccccc3Cl)C2)nc2ccccc21. The van der Waals surface area contributed by atoms with Crippen LogP contribution in [0, 0.1) is 0 Å². The van der Waals surface area contributed by atoms with E-state index >= 15 is 0 Å². The minimum Gasteiger partial charge on any atom is -0.385 e. The third-order valence-electron chi connectivity index (χ3n) is 6.63. The highest BCUT2D eigenvalue weighted by Crippen LogP contribution is 2.30. The third-order valence-corrected chi connectivity index (χ3v) is 6.96. The standard InChI is InChI=1S/C27H34ClN5O3/c1-36-15-7-14-33-24-12-5-4-11-23(24)31-26(33)19-8-6-13-32(18-19)25(34)16-20(29)17-30-27(35)21-9-2-3-10-22(21)28/h2-5,9-12,19-20H,6-8,13-18,29H2,1H3,(H,30,35). The van der Waals surface area contributed by atoms with Crippen molar-refractivity contribution < 1.29 is 14.3 Å². The number of rotatable bonds is 10. The van der Waals surface area contributed by atoms with Gasteiger partial charge in [-0.1, -0.05) is 35.9 Å². The van der Waals surface area contributed by atoms with Crippen molar-refractivity contribution in [3.05, 3.63) is 64.9 Å². The van der Waals surface area contributed by atoms with E-state index in [0.29, 0.717) is 30.3 Å². The summed E-state index contributed by atoms with van der Waals surface area (Å²) in [5, 5.41) is 3.17. The van der Waals surface area contributed by atoms with E-state index in [2.05, 4.69) is 16.0 Å². The van der Waals surface area contributed by atoms with Crippen molar-refractivity contribution in [2.75, 3.05) is 33.4 Å². The molecule has 0 bridgehead atoms. The highest BCUT2D eigenvalue weighted by molar-refractivity contribution is 6.33. The molecular formula is C27H34ClN5O3. The average Bonchev–Trinajstić information content (AvgIpc) is 3.26. The number of nitrogens with one attached hydrogen (secondary N) is 1. The molecule has 3 aromatic rings. The lowest BCUT2D eigenvalue weighted by Crippen LogP contribution is -2.45. The molecule has 1 aromatic heterocycles. The van der Waals surface area contributed by atoms with Gasteiger partial charge in [0.2, 0.25) is 5.91 Å². The fourth-order valence-corrected chi connectivity index (χ4v) is 5.03. The summed E-state index contributed by atoms with van der Waals surface area (Å²) in [5.74, 6) is 0.894. The number of likely N-dealkylation sites (tertiary alicyclic amines) is 1. The van der Waals surface area contributed by atoms with Gasteiger partial charge in [0.1, 0.15) is 5.82 Å². The molecule has 4 rings (SSSR count). The average molecular weight is 512 g/mol. The Morgan fingerprint density at radius 2 is 2.00 bits per heavy atom. The number of carbonyl (C=O) groups excluding carboxylic acids is 2.